The summed E-state index contributed by atoms with van der Waals surface area (Å²) in [6.45, 7) is 0.998. The van der Waals surface area contributed by atoms with E-state index >= 15 is 0 Å². The number of benzene rings is 1. The SMILES string of the molecule is O=C(Cc1ccc(C(F)(F)F)cc1)N1CCC(Oc2ccc(Br)cn2)C1. The fourth-order valence-electron chi connectivity index (χ4n) is 2.75. The van der Waals surface area contributed by atoms with E-state index in [1.807, 2.05) is 6.07 Å². The quantitative estimate of drug-likeness (QED) is 0.736. The van der Waals surface area contributed by atoms with Crippen molar-refractivity contribution in [2.24, 2.45) is 0 Å². The minimum atomic E-state index is -4.37. The predicted octanol–water partition coefficient (Wildman–Crippen LogP) is 4.09. The van der Waals surface area contributed by atoms with Crippen LogP contribution < -0.4 is 4.74 Å². The van der Waals surface area contributed by atoms with Crippen molar-refractivity contribution in [3.63, 3.8) is 0 Å². The molecule has 8 heteroatoms. The van der Waals surface area contributed by atoms with E-state index in [4.69, 9.17) is 4.74 Å². The van der Waals surface area contributed by atoms with Gasteiger partial charge in [-0.05, 0) is 39.7 Å². The topological polar surface area (TPSA) is 42.4 Å². The Bertz CT molecular complexity index is 764. The summed E-state index contributed by atoms with van der Waals surface area (Å²) in [5, 5.41) is 0. The van der Waals surface area contributed by atoms with Crippen LogP contribution in [0.5, 0.6) is 5.88 Å². The van der Waals surface area contributed by atoms with Gasteiger partial charge >= 0.3 is 6.18 Å². The summed E-state index contributed by atoms with van der Waals surface area (Å²) in [7, 11) is 0. The number of amides is 1. The molecule has 3 rings (SSSR count). The first-order chi connectivity index (χ1) is 12.3. The molecule has 2 aromatic rings. The van der Waals surface area contributed by atoms with Crippen LogP contribution in [0.1, 0.15) is 17.5 Å². The molecule has 0 aliphatic carbocycles. The Morgan fingerprint density at radius 3 is 2.58 bits per heavy atom. The summed E-state index contributed by atoms with van der Waals surface area (Å²) in [6.07, 6.45) is -2.11. The molecule has 0 saturated carbocycles. The van der Waals surface area contributed by atoms with Crippen molar-refractivity contribution < 1.29 is 22.7 Å². The maximum absolute atomic E-state index is 12.6. The number of carbonyl (C=O) groups is 1. The molecule has 1 aromatic carbocycles. The van der Waals surface area contributed by atoms with Gasteiger partial charge in [0.15, 0.2) is 0 Å². The summed E-state index contributed by atoms with van der Waals surface area (Å²) in [5.41, 5.74) is -0.160. The van der Waals surface area contributed by atoms with Crippen LogP contribution in [0.25, 0.3) is 0 Å². The minimum absolute atomic E-state index is 0.0708. The Hall–Kier alpha value is -2.09. The molecule has 26 heavy (non-hydrogen) atoms. The summed E-state index contributed by atoms with van der Waals surface area (Å²) in [4.78, 5) is 18.2. The zero-order chi connectivity index (χ0) is 18.7. The van der Waals surface area contributed by atoms with E-state index in [2.05, 4.69) is 20.9 Å². The van der Waals surface area contributed by atoms with Crippen molar-refractivity contribution in [2.75, 3.05) is 13.1 Å². The van der Waals surface area contributed by atoms with Gasteiger partial charge in [-0.15, -0.1) is 0 Å². The van der Waals surface area contributed by atoms with Crippen LogP contribution in [0.2, 0.25) is 0 Å². The number of halogens is 4. The first kappa shape index (κ1) is 18.7. The monoisotopic (exact) mass is 428 g/mol. The van der Waals surface area contributed by atoms with Crippen LogP contribution in [-0.4, -0.2) is 35.0 Å². The van der Waals surface area contributed by atoms with Crippen molar-refractivity contribution in [2.45, 2.75) is 25.1 Å². The van der Waals surface area contributed by atoms with Gasteiger partial charge in [0.2, 0.25) is 11.8 Å². The Morgan fingerprint density at radius 1 is 1.23 bits per heavy atom. The van der Waals surface area contributed by atoms with Crippen LogP contribution in [0, 0.1) is 0 Å². The van der Waals surface area contributed by atoms with E-state index in [0.29, 0.717) is 31.0 Å². The number of rotatable bonds is 4. The second-order valence-corrected chi connectivity index (χ2v) is 6.97. The number of ether oxygens (including phenoxy) is 1. The molecule has 138 valence electrons. The maximum atomic E-state index is 12.6. The van der Waals surface area contributed by atoms with Crippen molar-refractivity contribution in [3.05, 3.63) is 58.2 Å². The predicted molar refractivity (Wildman–Crippen MR) is 92.7 cm³/mol. The first-order valence-electron chi connectivity index (χ1n) is 8.03. The van der Waals surface area contributed by atoms with Crippen LogP contribution in [0.3, 0.4) is 0 Å². The highest BCUT2D eigenvalue weighted by atomic mass is 79.9. The molecule has 1 fully saturated rings. The molecule has 2 heterocycles. The highest BCUT2D eigenvalue weighted by molar-refractivity contribution is 9.10. The van der Waals surface area contributed by atoms with E-state index < -0.39 is 11.7 Å². The molecule has 1 unspecified atom stereocenters. The molecule has 0 N–H and O–H groups in total. The summed E-state index contributed by atoms with van der Waals surface area (Å²) in [6, 6.07) is 8.25. The van der Waals surface area contributed by atoms with Gasteiger partial charge < -0.3 is 9.64 Å². The third-order valence-electron chi connectivity index (χ3n) is 4.12. The van der Waals surface area contributed by atoms with Crippen molar-refractivity contribution in [1.29, 1.82) is 0 Å². The lowest BCUT2D eigenvalue weighted by Crippen LogP contribution is -2.32. The number of aromatic nitrogens is 1. The number of alkyl halides is 3. The average molecular weight is 429 g/mol. The lowest BCUT2D eigenvalue weighted by Gasteiger charge is -2.17. The van der Waals surface area contributed by atoms with E-state index in [0.717, 1.165) is 16.6 Å². The van der Waals surface area contributed by atoms with Gasteiger partial charge in [0, 0.05) is 29.7 Å². The smallest absolute Gasteiger partial charge is 0.416 e. The van der Waals surface area contributed by atoms with Gasteiger partial charge in [-0.2, -0.15) is 13.2 Å². The van der Waals surface area contributed by atoms with Crippen LogP contribution in [0.4, 0.5) is 13.2 Å². The molecular weight excluding hydrogens is 413 g/mol. The van der Waals surface area contributed by atoms with Crippen LogP contribution in [-0.2, 0) is 17.4 Å². The van der Waals surface area contributed by atoms with Crippen LogP contribution >= 0.6 is 15.9 Å². The Kier molecular flexibility index (Phi) is 5.50. The molecule has 1 aromatic heterocycles. The second kappa shape index (κ2) is 7.65. The van der Waals surface area contributed by atoms with Gasteiger partial charge in [-0.1, -0.05) is 12.1 Å². The van der Waals surface area contributed by atoms with Gasteiger partial charge in [-0.25, -0.2) is 4.98 Å². The number of nitrogens with zero attached hydrogens (tertiary/aromatic N) is 2. The molecule has 1 aliphatic rings. The lowest BCUT2D eigenvalue weighted by atomic mass is 10.1. The lowest BCUT2D eigenvalue weighted by molar-refractivity contribution is -0.137. The Morgan fingerprint density at radius 2 is 1.96 bits per heavy atom. The molecule has 1 saturated heterocycles. The zero-order valence-electron chi connectivity index (χ0n) is 13.7. The molecule has 0 spiro atoms. The maximum Gasteiger partial charge on any atom is 0.416 e. The van der Waals surface area contributed by atoms with E-state index in [-0.39, 0.29) is 18.4 Å². The largest absolute Gasteiger partial charge is 0.472 e. The van der Waals surface area contributed by atoms with Crippen molar-refractivity contribution in [3.8, 4) is 5.88 Å². The number of pyridine rings is 1. The van der Waals surface area contributed by atoms with E-state index in [1.54, 1.807) is 17.2 Å². The number of hydrogen-bond acceptors (Lipinski definition) is 3. The normalized spacial score (nSPS) is 17.4. The molecule has 1 amide bonds. The highest BCUT2D eigenvalue weighted by Crippen LogP contribution is 2.29. The molecule has 0 bridgehead atoms. The van der Waals surface area contributed by atoms with Gasteiger partial charge in [0.05, 0.1) is 18.5 Å². The molecule has 4 nitrogen and oxygen atoms in total. The van der Waals surface area contributed by atoms with Gasteiger partial charge in [0.1, 0.15) is 6.10 Å². The standard InChI is InChI=1S/C18H16BrF3N2O2/c19-14-5-6-16(23-10-14)26-15-7-8-24(11-15)17(25)9-12-1-3-13(4-2-12)18(20,21)22/h1-6,10,15H,7-9,11H2. The average Bonchev–Trinajstić information content (AvgIpc) is 3.05. The number of hydrogen-bond donors (Lipinski definition) is 0. The summed E-state index contributed by atoms with van der Waals surface area (Å²) < 4.78 is 44.3. The third-order valence-corrected chi connectivity index (χ3v) is 4.59. The fourth-order valence-corrected chi connectivity index (χ4v) is 2.99. The first-order valence-corrected chi connectivity index (χ1v) is 8.83. The number of carbonyl (C=O) groups excluding carboxylic acids is 1. The van der Waals surface area contributed by atoms with Crippen molar-refractivity contribution in [1.82, 2.24) is 9.88 Å². The summed E-state index contributed by atoms with van der Waals surface area (Å²) >= 11 is 3.30. The molecule has 1 aliphatic heterocycles. The Balaban J connectivity index is 1.53. The second-order valence-electron chi connectivity index (χ2n) is 6.05. The zero-order valence-corrected chi connectivity index (χ0v) is 15.3. The molecule has 1 atom stereocenters. The van der Waals surface area contributed by atoms with E-state index in [9.17, 15) is 18.0 Å². The van der Waals surface area contributed by atoms with Crippen molar-refractivity contribution >= 4 is 21.8 Å². The third kappa shape index (κ3) is 4.75. The van der Waals surface area contributed by atoms with Crippen LogP contribution in [0.15, 0.2) is 47.1 Å². The molecular formula is C18H16BrF3N2O2. The number of likely N-dealkylation sites (tertiary alicyclic amines) is 1. The Labute approximate surface area is 157 Å². The molecule has 0 radical (unpaired) electrons. The van der Waals surface area contributed by atoms with E-state index in [1.165, 1.54) is 12.1 Å². The minimum Gasteiger partial charge on any atom is -0.472 e. The highest BCUT2D eigenvalue weighted by Gasteiger charge is 2.31. The van der Waals surface area contributed by atoms with Gasteiger partial charge in [0.25, 0.3) is 0 Å². The van der Waals surface area contributed by atoms with Gasteiger partial charge in [-0.3, -0.25) is 4.79 Å². The summed E-state index contributed by atoms with van der Waals surface area (Å²) in [5.74, 6) is 0.370. The fraction of sp³-hybridized carbons (Fsp3) is 0.333.